The number of carbonyl (C=O) groups is 1. The van der Waals surface area contributed by atoms with Gasteiger partial charge in [-0.3, -0.25) is 4.79 Å². The van der Waals surface area contributed by atoms with Gasteiger partial charge in [-0.15, -0.1) is 0 Å². The second-order valence-electron chi connectivity index (χ2n) is 6.07. The highest BCUT2D eigenvalue weighted by Crippen LogP contribution is 2.24. The summed E-state index contributed by atoms with van der Waals surface area (Å²) in [5.41, 5.74) is 3.59. The highest BCUT2D eigenvalue weighted by atomic mass is 35.5. The fourth-order valence-electron chi connectivity index (χ4n) is 3.05. The van der Waals surface area contributed by atoms with Gasteiger partial charge < -0.3 is 9.88 Å². The summed E-state index contributed by atoms with van der Waals surface area (Å²) in [6.07, 6.45) is 0. The predicted molar refractivity (Wildman–Crippen MR) is 106 cm³/mol. The molecular formula is C22H17ClN2O. The number of benzene rings is 3. The zero-order valence-electron chi connectivity index (χ0n) is 14.0. The van der Waals surface area contributed by atoms with E-state index in [9.17, 15) is 4.79 Å². The smallest absolute Gasteiger partial charge is 0.268 e. The number of amides is 1. The minimum absolute atomic E-state index is 0.111. The molecule has 1 amide bonds. The Morgan fingerprint density at radius 2 is 1.58 bits per heavy atom. The molecule has 0 spiro atoms. The number of rotatable bonds is 4. The molecule has 0 saturated carbocycles. The third-order valence-electron chi connectivity index (χ3n) is 4.32. The summed E-state index contributed by atoms with van der Waals surface area (Å²) >= 11 is 5.91. The lowest BCUT2D eigenvalue weighted by atomic mass is 10.2. The SMILES string of the molecule is O=C(NCc1ccc(Cl)cc1)c1cc2ccccc2n1-c1ccccc1. The van der Waals surface area contributed by atoms with Gasteiger partial charge in [0.1, 0.15) is 5.69 Å². The number of para-hydroxylation sites is 2. The molecule has 0 fully saturated rings. The van der Waals surface area contributed by atoms with Crippen molar-refractivity contribution in [3.8, 4) is 5.69 Å². The van der Waals surface area contributed by atoms with Crippen molar-refractivity contribution < 1.29 is 4.79 Å². The Morgan fingerprint density at radius 3 is 2.35 bits per heavy atom. The molecule has 128 valence electrons. The van der Waals surface area contributed by atoms with Crippen molar-refractivity contribution in [3.63, 3.8) is 0 Å². The quantitative estimate of drug-likeness (QED) is 0.532. The van der Waals surface area contributed by atoms with Crippen molar-refractivity contribution in [2.45, 2.75) is 6.54 Å². The third kappa shape index (κ3) is 3.22. The van der Waals surface area contributed by atoms with Crippen LogP contribution in [0.3, 0.4) is 0 Å². The summed E-state index contributed by atoms with van der Waals surface area (Å²) in [5.74, 6) is -0.111. The molecule has 3 nitrogen and oxygen atoms in total. The number of nitrogens with zero attached hydrogens (tertiary/aromatic N) is 1. The average molecular weight is 361 g/mol. The van der Waals surface area contributed by atoms with Crippen LogP contribution < -0.4 is 5.32 Å². The van der Waals surface area contributed by atoms with Crippen molar-refractivity contribution in [1.82, 2.24) is 9.88 Å². The molecule has 0 bridgehead atoms. The van der Waals surface area contributed by atoms with Crippen LogP contribution in [0, 0.1) is 0 Å². The molecule has 0 saturated heterocycles. The second kappa shape index (κ2) is 7.06. The first-order valence-electron chi connectivity index (χ1n) is 8.41. The lowest BCUT2D eigenvalue weighted by Crippen LogP contribution is -2.25. The topological polar surface area (TPSA) is 34.0 Å². The van der Waals surface area contributed by atoms with Crippen molar-refractivity contribution in [3.05, 3.63) is 101 Å². The summed E-state index contributed by atoms with van der Waals surface area (Å²) in [4.78, 5) is 12.9. The molecule has 0 aliphatic heterocycles. The Kier molecular flexibility index (Phi) is 4.46. The van der Waals surface area contributed by atoms with Gasteiger partial charge in [0.2, 0.25) is 0 Å². The Bertz CT molecular complexity index is 1050. The van der Waals surface area contributed by atoms with E-state index < -0.39 is 0 Å². The average Bonchev–Trinajstić information content (AvgIpc) is 3.07. The summed E-state index contributed by atoms with van der Waals surface area (Å²) < 4.78 is 1.99. The van der Waals surface area contributed by atoms with E-state index in [4.69, 9.17) is 11.6 Å². The van der Waals surface area contributed by atoms with Gasteiger partial charge in [-0.1, -0.05) is 60.1 Å². The van der Waals surface area contributed by atoms with Crippen molar-refractivity contribution >= 4 is 28.4 Å². The van der Waals surface area contributed by atoms with Gasteiger partial charge in [-0.05, 0) is 42.0 Å². The molecule has 0 radical (unpaired) electrons. The zero-order valence-corrected chi connectivity index (χ0v) is 14.8. The first-order valence-corrected chi connectivity index (χ1v) is 8.79. The van der Waals surface area contributed by atoms with Gasteiger partial charge in [0.25, 0.3) is 5.91 Å². The van der Waals surface area contributed by atoms with E-state index >= 15 is 0 Å². The van der Waals surface area contributed by atoms with Crippen LogP contribution in [0.5, 0.6) is 0 Å². The second-order valence-corrected chi connectivity index (χ2v) is 6.50. The summed E-state index contributed by atoms with van der Waals surface area (Å²) in [7, 11) is 0. The Morgan fingerprint density at radius 1 is 0.885 bits per heavy atom. The molecule has 26 heavy (non-hydrogen) atoms. The predicted octanol–water partition coefficient (Wildman–Crippen LogP) is 5.21. The van der Waals surface area contributed by atoms with Crippen LogP contribution in [-0.2, 0) is 6.54 Å². The minimum Gasteiger partial charge on any atom is -0.347 e. The number of hydrogen-bond donors (Lipinski definition) is 1. The van der Waals surface area contributed by atoms with Crippen molar-refractivity contribution in [2.75, 3.05) is 0 Å². The molecule has 0 unspecified atom stereocenters. The third-order valence-corrected chi connectivity index (χ3v) is 4.58. The minimum atomic E-state index is -0.111. The summed E-state index contributed by atoms with van der Waals surface area (Å²) in [5, 5.41) is 4.72. The van der Waals surface area contributed by atoms with E-state index in [1.807, 2.05) is 89.5 Å². The number of halogens is 1. The van der Waals surface area contributed by atoms with Crippen LogP contribution in [0.2, 0.25) is 5.02 Å². The maximum Gasteiger partial charge on any atom is 0.268 e. The Labute approximate surface area is 156 Å². The largest absolute Gasteiger partial charge is 0.347 e. The molecule has 0 aliphatic rings. The fourth-order valence-corrected chi connectivity index (χ4v) is 3.18. The van der Waals surface area contributed by atoms with Crippen LogP contribution in [0.1, 0.15) is 16.1 Å². The van der Waals surface area contributed by atoms with Crippen LogP contribution >= 0.6 is 11.6 Å². The van der Waals surface area contributed by atoms with Gasteiger partial charge in [0, 0.05) is 22.6 Å². The van der Waals surface area contributed by atoms with Crippen LogP contribution in [0.15, 0.2) is 84.9 Å². The number of aromatic nitrogens is 1. The maximum absolute atomic E-state index is 12.9. The first-order chi connectivity index (χ1) is 12.7. The fraction of sp³-hybridized carbons (Fsp3) is 0.0455. The van der Waals surface area contributed by atoms with E-state index in [0.29, 0.717) is 17.3 Å². The molecular weight excluding hydrogens is 344 g/mol. The van der Waals surface area contributed by atoms with E-state index in [0.717, 1.165) is 22.2 Å². The van der Waals surface area contributed by atoms with Gasteiger partial charge in [0.05, 0.1) is 5.52 Å². The Hall–Kier alpha value is -3.04. The summed E-state index contributed by atoms with van der Waals surface area (Å²) in [6, 6.07) is 27.3. The van der Waals surface area contributed by atoms with E-state index in [1.54, 1.807) is 0 Å². The molecule has 1 N–H and O–H groups in total. The normalized spacial score (nSPS) is 10.8. The van der Waals surface area contributed by atoms with Crippen LogP contribution in [0.4, 0.5) is 0 Å². The highest BCUT2D eigenvalue weighted by molar-refractivity contribution is 6.30. The van der Waals surface area contributed by atoms with Crippen LogP contribution in [0.25, 0.3) is 16.6 Å². The molecule has 0 aliphatic carbocycles. The van der Waals surface area contributed by atoms with Crippen molar-refractivity contribution in [1.29, 1.82) is 0 Å². The molecule has 3 aromatic carbocycles. The number of nitrogens with one attached hydrogen (secondary N) is 1. The number of fused-ring (bicyclic) bond motifs is 1. The lowest BCUT2D eigenvalue weighted by molar-refractivity contribution is 0.0944. The van der Waals surface area contributed by atoms with E-state index in [2.05, 4.69) is 5.32 Å². The monoisotopic (exact) mass is 360 g/mol. The van der Waals surface area contributed by atoms with Gasteiger partial charge in [-0.2, -0.15) is 0 Å². The van der Waals surface area contributed by atoms with Gasteiger partial charge in [-0.25, -0.2) is 0 Å². The first kappa shape index (κ1) is 16.4. The lowest BCUT2D eigenvalue weighted by Gasteiger charge is -2.11. The number of carbonyl (C=O) groups excluding carboxylic acids is 1. The molecule has 4 aromatic rings. The standard InChI is InChI=1S/C22H17ClN2O/c23-18-12-10-16(11-13-18)15-24-22(26)21-14-17-6-4-5-9-20(17)25(21)19-7-2-1-3-8-19/h1-14H,15H2,(H,24,26). The molecule has 1 heterocycles. The van der Waals surface area contributed by atoms with Gasteiger partial charge in [0.15, 0.2) is 0 Å². The number of hydrogen-bond acceptors (Lipinski definition) is 1. The maximum atomic E-state index is 12.9. The van der Waals surface area contributed by atoms with Crippen LogP contribution in [-0.4, -0.2) is 10.5 Å². The van der Waals surface area contributed by atoms with E-state index in [1.165, 1.54) is 0 Å². The molecule has 4 heteroatoms. The van der Waals surface area contributed by atoms with Gasteiger partial charge >= 0.3 is 0 Å². The molecule has 4 rings (SSSR count). The Balaban J connectivity index is 1.69. The molecule has 1 aromatic heterocycles. The zero-order chi connectivity index (χ0) is 17.9. The van der Waals surface area contributed by atoms with Crippen molar-refractivity contribution in [2.24, 2.45) is 0 Å². The highest BCUT2D eigenvalue weighted by Gasteiger charge is 2.16. The summed E-state index contributed by atoms with van der Waals surface area (Å²) in [6.45, 7) is 0.451. The van der Waals surface area contributed by atoms with E-state index in [-0.39, 0.29) is 5.91 Å². The molecule has 0 atom stereocenters.